The predicted molar refractivity (Wildman–Crippen MR) is 166 cm³/mol. The summed E-state index contributed by atoms with van der Waals surface area (Å²) in [6.45, 7) is 0. The zero-order valence-electron chi connectivity index (χ0n) is 22.1. The first kappa shape index (κ1) is 26.5. The molecular formula is C30H40N2O2S4. The van der Waals surface area contributed by atoms with E-state index in [1.807, 2.05) is 24.3 Å². The molecule has 8 heteroatoms. The first-order valence-electron chi connectivity index (χ1n) is 14.8. The van der Waals surface area contributed by atoms with Crippen LogP contribution in [0.3, 0.4) is 0 Å². The second-order valence-corrected chi connectivity index (χ2v) is 18.4. The zero-order chi connectivity index (χ0) is 25.7. The molecule has 4 aliphatic carbocycles. The van der Waals surface area contributed by atoms with Gasteiger partial charge in [-0.05, 0) is 87.2 Å². The van der Waals surface area contributed by atoms with E-state index in [0.29, 0.717) is 31.8 Å². The first-order chi connectivity index (χ1) is 18.6. The van der Waals surface area contributed by atoms with E-state index in [9.17, 15) is 9.59 Å². The minimum atomic E-state index is 0.0804. The molecule has 2 heterocycles. The average Bonchev–Trinajstić information content (AvgIpc) is 3.56. The van der Waals surface area contributed by atoms with Crippen LogP contribution in [0.4, 0.5) is 11.4 Å². The third-order valence-corrected chi connectivity index (χ3v) is 18.5. The van der Waals surface area contributed by atoms with Crippen LogP contribution in [0.5, 0.6) is 0 Å². The Hall–Kier alpha value is -0.440. The molecule has 2 unspecified atom stereocenters. The van der Waals surface area contributed by atoms with Crippen LogP contribution >= 0.6 is 47.0 Å². The van der Waals surface area contributed by atoms with E-state index < -0.39 is 0 Å². The van der Waals surface area contributed by atoms with E-state index in [-0.39, 0.29) is 23.7 Å². The van der Waals surface area contributed by atoms with Crippen molar-refractivity contribution < 1.29 is 9.59 Å². The summed E-state index contributed by atoms with van der Waals surface area (Å²) in [6.07, 6.45) is 11.8. The van der Waals surface area contributed by atoms with Crippen LogP contribution in [0.25, 0.3) is 0 Å². The Kier molecular flexibility index (Phi) is 7.49. The lowest BCUT2D eigenvalue weighted by Gasteiger charge is -2.52. The third kappa shape index (κ3) is 4.56. The quantitative estimate of drug-likeness (QED) is 0.378. The fourth-order valence-corrected chi connectivity index (χ4v) is 16.7. The van der Waals surface area contributed by atoms with E-state index in [4.69, 9.17) is 0 Å². The summed E-state index contributed by atoms with van der Waals surface area (Å²) in [5.74, 6) is 8.15. The minimum Gasteiger partial charge on any atom is -0.324 e. The molecule has 2 spiro atoms. The van der Waals surface area contributed by atoms with Gasteiger partial charge in [0.25, 0.3) is 0 Å². The lowest BCUT2D eigenvalue weighted by Crippen LogP contribution is -2.49. The fourth-order valence-electron chi connectivity index (χ4n) is 8.82. The molecule has 38 heavy (non-hydrogen) atoms. The maximum atomic E-state index is 13.6. The van der Waals surface area contributed by atoms with Gasteiger partial charge < -0.3 is 10.6 Å². The van der Waals surface area contributed by atoms with E-state index in [0.717, 1.165) is 37.1 Å². The number of benzene rings is 1. The van der Waals surface area contributed by atoms with Gasteiger partial charge in [0.2, 0.25) is 11.8 Å². The van der Waals surface area contributed by atoms with Crippen LogP contribution in [-0.4, -0.2) is 43.0 Å². The van der Waals surface area contributed by atoms with Crippen LogP contribution < -0.4 is 10.6 Å². The number of hydrogen-bond donors (Lipinski definition) is 2. The molecule has 206 valence electrons. The van der Waals surface area contributed by atoms with Gasteiger partial charge in [-0.2, -0.15) is 0 Å². The SMILES string of the molecule is O=C(Nc1ccccc1NC(=O)C1C[C@@H]2CCC[C@@H](C1)C21SCCS1)C1CC2CCCC(C1)C21SCCS1. The first-order valence-corrected chi connectivity index (χ1v) is 18.8. The summed E-state index contributed by atoms with van der Waals surface area (Å²) in [5.41, 5.74) is 1.52. The number of carbonyl (C=O) groups is 2. The van der Waals surface area contributed by atoms with Gasteiger partial charge in [0.1, 0.15) is 0 Å². The number of nitrogens with one attached hydrogen (secondary N) is 2. The maximum Gasteiger partial charge on any atom is 0.227 e. The highest BCUT2D eigenvalue weighted by Gasteiger charge is 2.56. The molecule has 4 saturated carbocycles. The number of para-hydroxylation sites is 2. The van der Waals surface area contributed by atoms with Crippen molar-refractivity contribution in [3.8, 4) is 0 Å². The molecule has 4 nitrogen and oxygen atoms in total. The number of carbonyl (C=O) groups excluding carboxylic acids is 2. The molecule has 7 rings (SSSR count). The van der Waals surface area contributed by atoms with Crippen molar-refractivity contribution in [3.05, 3.63) is 24.3 Å². The van der Waals surface area contributed by atoms with Crippen LogP contribution in [0.1, 0.15) is 64.2 Å². The normalized spacial score (nSPS) is 36.7. The molecule has 2 aliphatic heterocycles. The van der Waals surface area contributed by atoms with Crippen LogP contribution in [0.2, 0.25) is 0 Å². The standard InChI is InChI=1S/C30H40N2O2S4/c33-27(19-15-21-5-3-6-22(16-19)29(21)35-11-12-36-29)31-25-9-1-2-10-26(25)32-28(34)20-17-23-7-4-8-24(18-20)30(23)37-13-14-38-30/h1-2,9-10,19-24H,3-8,11-18H2,(H,31,33)(H,32,34)/t19?,21?,22?,23-,24-/m0/s1. The Morgan fingerprint density at radius 1 is 0.605 bits per heavy atom. The van der Waals surface area contributed by atoms with Gasteiger partial charge in [0, 0.05) is 34.8 Å². The Morgan fingerprint density at radius 3 is 1.29 bits per heavy atom. The second kappa shape index (κ2) is 10.8. The molecule has 2 N–H and O–H groups in total. The van der Waals surface area contributed by atoms with E-state index in [1.54, 1.807) is 0 Å². The summed E-state index contributed by atoms with van der Waals surface area (Å²) in [5, 5.41) is 6.52. The van der Waals surface area contributed by atoms with Gasteiger partial charge in [0.05, 0.1) is 19.5 Å². The zero-order valence-corrected chi connectivity index (χ0v) is 25.4. The van der Waals surface area contributed by atoms with Gasteiger partial charge in [-0.1, -0.05) is 25.0 Å². The number of anilines is 2. The van der Waals surface area contributed by atoms with Crippen molar-refractivity contribution in [2.24, 2.45) is 35.5 Å². The van der Waals surface area contributed by atoms with Crippen molar-refractivity contribution in [1.82, 2.24) is 0 Å². The summed E-state index contributed by atoms with van der Waals surface area (Å²) in [4.78, 5) is 27.2. The Morgan fingerprint density at radius 2 is 0.947 bits per heavy atom. The van der Waals surface area contributed by atoms with Crippen LogP contribution in [0.15, 0.2) is 24.3 Å². The van der Waals surface area contributed by atoms with E-state index in [1.165, 1.54) is 61.5 Å². The van der Waals surface area contributed by atoms with Crippen molar-refractivity contribution in [3.63, 3.8) is 0 Å². The Balaban J connectivity index is 1.02. The average molecular weight is 589 g/mol. The van der Waals surface area contributed by atoms with Gasteiger partial charge in [-0.25, -0.2) is 0 Å². The number of amides is 2. The molecule has 1 aromatic rings. The monoisotopic (exact) mass is 588 g/mol. The Labute approximate surface area is 244 Å². The molecule has 2 amide bonds. The largest absolute Gasteiger partial charge is 0.324 e. The van der Waals surface area contributed by atoms with Crippen molar-refractivity contribution >= 4 is 70.2 Å². The van der Waals surface area contributed by atoms with Crippen molar-refractivity contribution in [1.29, 1.82) is 0 Å². The van der Waals surface area contributed by atoms with Gasteiger partial charge in [-0.15, -0.1) is 47.0 Å². The highest BCUT2D eigenvalue weighted by atomic mass is 32.2. The number of rotatable bonds is 4. The lowest BCUT2D eigenvalue weighted by atomic mass is 9.67. The number of thioether (sulfide) groups is 4. The maximum absolute atomic E-state index is 13.6. The molecule has 6 aliphatic rings. The molecule has 6 fully saturated rings. The van der Waals surface area contributed by atoms with E-state index >= 15 is 0 Å². The summed E-state index contributed by atoms with van der Waals surface area (Å²) < 4.78 is 0.764. The van der Waals surface area contributed by atoms with Crippen LogP contribution in [-0.2, 0) is 9.59 Å². The predicted octanol–water partition coefficient (Wildman–Crippen LogP) is 7.57. The highest BCUT2D eigenvalue weighted by Crippen LogP contribution is 2.65. The highest BCUT2D eigenvalue weighted by molar-refractivity contribution is 8.21. The smallest absolute Gasteiger partial charge is 0.227 e. The fraction of sp³-hybridized carbons (Fsp3) is 0.733. The molecule has 0 radical (unpaired) electrons. The number of hydrogen-bond acceptors (Lipinski definition) is 6. The summed E-state index contributed by atoms with van der Waals surface area (Å²) in [7, 11) is 0. The van der Waals surface area contributed by atoms with Crippen molar-refractivity contribution in [2.45, 2.75) is 72.4 Å². The van der Waals surface area contributed by atoms with Gasteiger partial charge in [-0.3, -0.25) is 9.59 Å². The van der Waals surface area contributed by atoms with Gasteiger partial charge >= 0.3 is 0 Å². The molecule has 2 saturated heterocycles. The molecule has 4 atom stereocenters. The van der Waals surface area contributed by atoms with Crippen LogP contribution in [0, 0.1) is 35.5 Å². The topological polar surface area (TPSA) is 58.2 Å². The van der Waals surface area contributed by atoms with E-state index in [2.05, 4.69) is 57.7 Å². The summed E-state index contributed by atoms with van der Waals surface area (Å²) in [6, 6.07) is 7.84. The molecular weight excluding hydrogens is 549 g/mol. The van der Waals surface area contributed by atoms with Crippen molar-refractivity contribution in [2.75, 3.05) is 33.6 Å². The minimum absolute atomic E-state index is 0.0804. The Bertz CT molecular complexity index is 955. The molecule has 1 aromatic carbocycles. The summed E-state index contributed by atoms with van der Waals surface area (Å²) >= 11 is 8.77. The molecule has 4 bridgehead atoms. The second-order valence-electron chi connectivity index (χ2n) is 12.3. The van der Waals surface area contributed by atoms with Gasteiger partial charge in [0.15, 0.2) is 0 Å². The molecule has 0 aromatic heterocycles. The lowest BCUT2D eigenvalue weighted by molar-refractivity contribution is -0.123. The third-order valence-electron chi connectivity index (χ3n) is 10.4.